The fraction of sp³-hybridized carbons (Fsp3) is 0.542. The molecule has 166 valence electrons. The number of anilines is 1. The molecule has 3 heterocycles. The maximum Gasteiger partial charge on any atom is 0.277 e. The van der Waals surface area contributed by atoms with Gasteiger partial charge < -0.3 is 15.0 Å². The summed E-state index contributed by atoms with van der Waals surface area (Å²) in [6.45, 7) is 8.34. The number of carbonyl (C=O) groups is 3. The first-order valence-electron chi connectivity index (χ1n) is 11.2. The topological polar surface area (TPSA) is 79.0 Å². The van der Waals surface area contributed by atoms with Crippen molar-refractivity contribution in [2.45, 2.75) is 46.1 Å². The summed E-state index contributed by atoms with van der Waals surface area (Å²) in [6.07, 6.45) is 2.85. The predicted molar refractivity (Wildman–Crippen MR) is 118 cm³/mol. The van der Waals surface area contributed by atoms with Gasteiger partial charge in [-0.2, -0.15) is 0 Å². The van der Waals surface area contributed by atoms with Gasteiger partial charge in [0.1, 0.15) is 5.70 Å². The van der Waals surface area contributed by atoms with E-state index in [0.717, 1.165) is 32.4 Å². The smallest absolute Gasteiger partial charge is 0.277 e. The van der Waals surface area contributed by atoms with E-state index in [-0.39, 0.29) is 23.8 Å². The quantitative estimate of drug-likeness (QED) is 0.734. The van der Waals surface area contributed by atoms with Gasteiger partial charge in [0.25, 0.3) is 11.8 Å². The van der Waals surface area contributed by atoms with Crippen LogP contribution in [0.2, 0.25) is 0 Å². The van der Waals surface area contributed by atoms with Crippen molar-refractivity contribution in [2.24, 2.45) is 11.8 Å². The second kappa shape index (κ2) is 8.83. The van der Waals surface area contributed by atoms with Crippen LogP contribution in [0.5, 0.6) is 0 Å². The van der Waals surface area contributed by atoms with Crippen molar-refractivity contribution in [1.29, 1.82) is 0 Å². The number of carbonyl (C=O) groups excluding carboxylic acids is 3. The lowest BCUT2D eigenvalue weighted by atomic mass is 9.91. The van der Waals surface area contributed by atoms with Crippen LogP contribution in [0, 0.1) is 11.8 Å². The third-order valence-electron chi connectivity index (χ3n) is 6.23. The van der Waals surface area contributed by atoms with E-state index in [1.54, 1.807) is 24.3 Å². The van der Waals surface area contributed by atoms with Gasteiger partial charge >= 0.3 is 0 Å². The van der Waals surface area contributed by atoms with Crippen molar-refractivity contribution >= 4 is 29.0 Å². The summed E-state index contributed by atoms with van der Waals surface area (Å²) in [5.41, 5.74) is 2.32. The molecule has 1 aromatic carbocycles. The third kappa shape index (κ3) is 4.51. The number of likely N-dealkylation sites (tertiary alicyclic amines) is 1. The Morgan fingerprint density at radius 1 is 1.10 bits per heavy atom. The van der Waals surface area contributed by atoms with Gasteiger partial charge in [-0.05, 0) is 48.8 Å². The summed E-state index contributed by atoms with van der Waals surface area (Å²) in [5.74, 6) is 0.278. The van der Waals surface area contributed by atoms with Crippen LogP contribution in [0.15, 0.2) is 30.0 Å². The molecule has 2 saturated heterocycles. The predicted octanol–water partition coefficient (Wildman–Crippen LogP) is 2.88. The number of piperidine rings is 1. The Morgan fingerprint density at radius 3 is 2.35 bits per heavy atom. The Labute approximate surface area is 183 Å². The Kier molecular flexibility index (Phi) is 6.14. The molecule has 3 atom stereocenters. The first kappa shape index (κ1) is 21.6. The number of benzene rings is 1. The summed E-state index contributed by atoms with van der Waals surface area (Å²) < 4.78 is 5.70. The van der Waals surface area contributed by atoms with Crippen molar-refractivity contribution in [3.8, 4) is 0 Å². The molecule has 7 heteroatoms. The first-order chi connectivity index (χ1) is 14.8. The van der Waals surface area contributed by atoms with Gasteiger partial charge in [-0.3, -0.25) is 19.3 Å². The van der Waals surface area contributed by atoms with Crippen molar-refractivity contribution < 1.29 is 19.1 Å². The highest BCUT2D eigenvalue weighted by molar-refractivity contribution is 6.35. The molecule has 3 amide bonds. The van der Waals surface area contributed by atoms with E-state index >= 15 is 0 Å². The second-order valence-corrected chi connectivity index (χ2v) is 9.19. The Morgan fingerprint density at radius 2 is 1.77 bits per heavy atom. The van der Waals surface area contributed by atoms with E-state index in [1.807, 2.05) is 0 Å². The van der Waals surface area contributed by atoms with Crippen LogP contribution in [0.4, 0.5) is 5.69 Å². The number of imide groups is 1. The summed E-state index contributed by atoms with van der Waals surface area (Å²) in [7, 11) is 0. The van der Waals surface area contributed by atoms with Gasteiger partial charge in [0, 0.05) is 32.3 Å². The third-order valence-corrected chi connectivity index (χ3v) is 6.23. The molecular weight excluding hydrogens is 394 g/mol. The summed E-state index contributed by atoms with van der Waals surface area (Å²) >= 11 is 0. The molecule has 0 bridgehead atoms. The molecule has 31 heavy (non-hydrogen) atoms. The molecule has 1 aromatic rings. The zero-order valence-electron chi connectivity index (χ0n) is 18.5. The number of nitrogens with zero attached hydrogens (tertiary/aromatic N) is 2. The molecule has 0 saturated carbocycles. The monoisotopic (exact) mass is 425 g/mol. The van der Waals surface area contributed by atoms with Crippen LogP contribution in [0.3, 0.4) is 0 Å². The fourth-order valence-corrected chi connectivity index (χ4v) is 5.04. The normalized spacial score (nSPS) is 26.7. The van der Waals surface area contributed by atoms with Crippen molar-refractivity contribution in [3.63, 3.8) is 0 Å². The zero-order valence-corrected chi connectivity index (χ0v) is 18.5. The highest BCUT2D eigenvalue weighted by Gasteiger charge is 2.43. The highest BCUT2D eigenvalue weighted by Crippen LogP contribution is 2.36. The Balaban J connectivity index is 1.69. The molecule has 3 unspecified atom stereocenters. The van der Waals surface area contributed by atoms with E-state index in [9.17, 15) is 14.4 Å². The van der Waals surface area contributed by atoms with Crippen LogP contribution in [0.1, 0.15) is 45.6 Å². The molecule has 4 rings (SSSR count). The molecule has 3 aliphatic rings. The highest BCUT2D eigenvalue weighted by atomic mass is 16.5. The van der Waals surface area contributed by atoms with E-state index in [2.05, 4.69) is 24.1 Å². The average Bonchev–Trinajstić information content (AvgIpc) is 3.30. The lowest BCUT2D eigenvalue weighted by Crippen LogP contribution is -2.43. The molecule has 1 N–H and O–H groups in total. The molecule has 0 aromatic heterocycles. The van der Waals surface area contributed by atoms with Crippen LogP contribution in [-0.2, 0) is 19.1 Å². The fourth-order valence-electron chi connectivity index (χ4n) is 5.04. The molecular formula is C24H31N3O4. The van der Waals surface area contributed by atoms with E-state index < -0.39 is 0 Å². The van der Waals surface area contributed by atoms with Gasteiger partial charge in [0.2, 0.25) is 5.91 Å². The summed E-state index contributed by atoms with van der Waals surface area (Å²) in [6, 6.07) is 7.14. The van der Waals surface area contributed by atoms with Crippen LogP contribution < -0.4 is 5.32 Å². The largest absolute Gasteiger partial charge is 0.376 e. The van der Waals surface area contributed by atoms with Crippen LogP contribution >= 0.6 is 0 Å². The SMILES string of the molecule is CC(=O)Nc1ccc(C2=C(N3CC(C)CC(C)C3)C(=O)N(CC3CCCO3)C2=O)cc1. The minimum Gasteiger partial charge on any atom is -0.376 e. The van der Waals surface area contributed by atoms with Gasteiger partial charge in [-0.15, -0.1) is 0 Å². The summed E-state index contributed by atoms with van der Waals surface area (Å²) in [5, 5.41) is 2.74. The Bertz CT molecular complexity index is 892. The molecule has 0 spiro atoms. The molecule has 3 aliphatic heterocycles. The van der Waals surface area contributed by atoms with Gasteiger partial charge in [0.15, 0.2) is 0 Å². The minimum absolute atomic E-state index is 0.0881. The van der Waals surface area contributed by atoms with E-state index in [4.69, 9.17) is 4.74 Å². The molecule has 0 radical (unpaired) electrons. The number of nitrogens with one attached hydrogen (secondary N) is 1. The molecule has 0 aliphatic carbocycles. The van der Waals surface area contributed by atoms with Crippen molar-refractivity contribution in [3.05, 3.63) is 35.5 Å². The number of hydrogen-bond acceptors (Lipinski definition) is 5. The number of ether oxygens (including phenoxy) is 1. The maximum atomic E-state index is 13.5. The average molecular weight is 426 g/mol. The standard InChI is InChI=1S/C24H31N3O4/c1-15-11-16(2)13-26(12-15)22-21(18-6-8-19(9-7-18)25-17(3)28)23(29)27(24(22)30)14-20-5-4-10-31-20/h6-9,15-16,20H,4-5,10-14H2,1-3H3,(H,25,28). The number of rotatable bonds is 5. The van der Waals surface area contributed by atoms with Crippen molar-refractivity contribution in [1.82, 2.24) is 9.80 Å². The molecule has 7 nitrogen and oxygen atoms in total. The minimum atomic E-state index is -0.256. The lowest BCUT2D eigenvalue weighted by molar-refractivity contribution is -0.139. The number of amides is 3. The lowest BCUT2D eigenvalue weighted by Gasteiger charge is -2.37. The second-order valence-electron chi connectivity index (χ2n) is 9.19. The van der Waals surface area contributed by atoms with Gasteiger partial charge in [-0.25, -0.2) is 0 Å². The Hall–Kier alpha value is -2.67. The van der Waals surface area contributed by atoms with E-state index in [1.165, 1.54) is 11.8 Å². The first-order valence-corrected chi connectivity index (χ1v) is 11.2. The van der Waals surface area contributed by atoms with Crippen LogP contribution in [0.25, 0.3) is 5.57 Å². The van der Waals surface area contributed by atoms with Gasteiger partial charge in [0.05, 0.1) is 18.2 Å². The van der Waals surface area contributed by atoms with Gasteiger partial charge in [-0.1, -0.05) is 26.0 Å². The number of hydrogen-bond donors (Lipinski definition) is 1. The molecule has 2 fully saturated rings. The van der Waals surface area contributed by atoms with Crippen molar-refractivity contribution in [2.75, 3.05) is 31.6 Å². The zero-order chi connectivity index (χ0) is 22.1. The summed E-state index contributed by atoms with van der Waals surface area (Å²) in [4.78, 5) is 41.8. The van der Waals surface area contributed by atoms with E-state index in [0.29, 0.717) is 47.5 Å². The van der Waals surface area contributed by atoms with Crippen LogP contribution in [-0.4, -0.2) is 59.9 Å². The maximum absolute atomic E-state index is 13.5.